The summed E-state index contributed by atoms with van der Waals surface area (Å²) in [5, 5.41) is 0.320. The molecule has 0 radical (unpaired) electrons. The smallest absolute Gasteiger partial charge is 0.414 e. The summed E-state index contributed by atoms with van der Waals surface area (Å²) in [6.45, 7) is 0. The average molecular weight is 355 g/mol. The number of carbonyl (C=O) groups excluding carboxylic acids is 1. The molecule has 0 atom stereocenters. The van der Waals surface area contributed by atoms with Crippen molar-refractivity contribution in [3.05, 3.63) is 59.0 Å². The number of amides is 1. The van der Waals surface area contributed by atoms with Gasteiger partial charge < -0.3 is 23.5 Å². The minimum absolute atomic E-state index is 0.0562. The van der Waals surface area contributed by atoms with Gasteiger partial charge in [-0.05, 0) is 36.4 Å². The van der Waals surface area contributed by atoms with E-state index >= 15 is 0 Å². The van der Waals surface area contributed by atoms with Gasteiger partial charge in [0.05, 0.1) is 12.5 Å². The van der Waals surface area contributed by atoms with Crippen molar-refractivity contribution >= 4 is 17.1 Å². The van der Waals surface area contributed by atoms with Gasteiger partial charge >= 0.3 is 6.09 Å². The highest BCUT2D eigenvalue weighted by molar-refractivity contribution is 5.80. The largest absolute Gasteiger partial charge is 0.497 e. The molecule has 2 aromatic carbocycles. The molecule has 3 rings (SSSR count). The summed E-state index contributed by atoms with van der Waals surface area (Å²) in [5.74, 6) is 1.50. The number of hydrogen-bond acceptors (Lipinski definition) is 6. The predicted octanol–water partition coefficient (Wildman–Crippen LogP) is 3.65. The van der Waals surface area contributed by atoms with Crippen molar-refractivity contribution < 1.29 is 23.4 Å². The number of rotatable bonds is 4. The van der Waals surface area contributed by atoms with Crippen molar-refractivity contribution in [3.63, 3.8) is 0 Å². The molecule has 1 aromatic heterocycles. The van der Waals surface area contributed by atoms with Gasteiger partial charge in [0, 0.05) is 20.2 Å². The van der Waals surface area contributed by atoms with Crippen LogP contribution in [0, 0.1) is 0 Å². The van der Waals surface area contributed by atoms with E-state index in [2.05, 4.69) is 0 Å². The molecule has 0 fully saturated rings. The van der Waals surface area contributed by atoms with Crippen LogP contribution in [-0.4, -0.2) is 32.2 Å². The standard InChI is InChI=1S/C19H17NO6/c1-20(2)19(22)26-14-8-9-15-16(10-14)24-11-17(18(15)21)25-13-6-4-12(23-3)5-7-13/h4-11H,1-3H3. The maximum absolute atomic E-state index is 12.6. The summed E-state index contributed by atoms with van der Waals surface area (Å²) < 4.78 is 21.3. The van der Waals surface area contributed by atoms with Crippen LogP contribution in [0.2, 0.25) is 0 Å². The fourth-order valence-corrected chi connectivity index (χ4v) is 2.19. The number of carbonyl (C=O) groups is 1. The summed E-state index contributed by atoms with van der Waals surface area (Å²) in [5.41, 5.74) is -0.0336. The van der Waals surface area contributed by atoms with Crippen molar-refractivity contribution in [2.24, 2.45) is 0 Å². The van der Waals surface area contributed by atoms with Gasteiger partial charge in [-0.2, -0.15) is 0 Å². The van der Waals surface area contributed by atoms with E-state index in [1.165, 1.54) is 29.4 Å². The first-order valence-corrected chi connectivity index (χ1v) is 7.74. The van der Waals surface area contributed by atoms with E-state index < -0.39 is 6.09 Å². The van der Waals surface area contributed by atoms with Crippen LogP contribution in [0.3, 0.4) is 0 Å². The Morgan fingerprint density at radius 1 is 1.00 bits per heavy atom. The molecule has 26 heavy (non-hydrogen) atoms. The second kappa shape index (κ2) is 7.18. The van der Waals surface area contributed by atoms with E-state index in [1.807, 2.05) is 0 Å². The summed E-state index contributed by atoms with van der Waals surface area (Å²) in [7, 11) is 4.72. The van der Waals surface area contributed by atoms with E-state index in [0.29, 0.717) is 22.5 Å². The number of benzene rings is 2. The Balaban J connectivity index is 1.88. The van der Waals surface area contributed by atoms with Crippen LogP contribution in [-0.2, 0) is 0 Å². The molecule has 7 nitrogen and oxygen atoms in total. The van der Waals surface area contributed by atoms with Crippen LogP contribution < -0.4 is 19.6 Å². The molecule has 0 spiro atoms. The highest BCUT2D eigenvalue weighted by Gasteiger charge is 2.12. The lowest BCUT2D eigenvalue weighted by Gasteiger charge is -2.11. The summed E-state index contributed by atoms with van der Waals surface area (Å²) in [6.07, 6.45) is 0.707. The van der Waals surface area contributed by atoms with Gasteiger partial charge in [0.25, 0.3) is 0 Å². The zero-order chi connectivity index (χ0) is 18.7. The minimum atomic E-state index is -0.522. The highest BCUT2D eigenvalue weighted by atomic mass is 16.6. The Bertz CT molecular complexity index is 991. The van der Waals surface area contributed by atoms with Gasteiger partial charge in [0.2, 0.25) is 11.2 Å². The predicted molar refractivity (Wildman–Crippen MR) is 95.3 cm³/mol. The molecule has 0 aliphatic rings. The van der Waals surface area contributed by atoms with Gasteiger partial charge in [-0.3, -0.25) is 4.79 Å². The normalized spacial score (nSPS) is 10.4. The lowest BCUT2D eigenvalue weighted by Crippen LogP contribution is -2.25. The van der Waals surface area contributed by atoms with Gasteiger partial charge in [-0.25, -0.2) is 4.79 Å². The number of hydrogen-bond donors (Lipinski definition) is 0. The fraction of sp³-hybridized carbons (Fsp3) is 0.158. The molecule has 0 N–H and O–H groups in total. The monoisotopic (exact) mass is 355 g/mol. The third-order valence-electron chi connectivity index (χ3n) is 3.57. The quantitative estimate of drug-likeness (QED) is 0.711. The number of ether oxygens (including phenoxy) is 3. The molecule has 134 valence electrons. The van der Waals surface area contributed by atoms with Crippen LogP contribution in [0.4, 0.5) is 4.79 Å². The van der Waals surface area contributed by atoms with E-state index in [-0.39, 0.29) is 16.9 Å². The highest BCUT2D eigenvalue weighted by Crippen LogP contribution is 2.25. The average Bonchev–Trinajstić information content (AvgIpc) is 2.64. The van der Waals surface area contributed by atoms with Crippen molar-refractivity contribution in [1.82, 2.24) is 4.90 Å². The van der Waals surface area contributed by atoms with Gasteiger partial charge in [-0.15, -0.1) is 0 Å². The molecule has 1 amide bonds. The van der Waals surface area contributed by atoms with Crippen molar-refractivity contribution in [2.45, 2.75) is 0 Å². The van der Waals surface area contributed by atoms with Crippen molar-refractivity contribution in [1.29, 1.82) is 0 Å². The number of methoxy groups -OCH3 is 1. The second-order valence-electron chi connectivity index (χ2n) is 5.63. The molecular weight excluding hydrogens is 338 g/mol. The maximum atomic E-state index is 12.6. The minimum Gasteiger partial charge on any atom is -0.497 e. The first kappa shape index (κ1) is 17.3. The summed E-state index contributed by atoms with van der Waals surface area (Å²) in [4.78, 5) is 25.5. The number of fused-ring (bicyclic) bond motifs is 1. The topological polar surface area (TPSA) is 78.2 Å². The van der Waals surface area contributed by atoms with E-state index in [1.54, 1.807) is 45.5 Å². The lowest BCUT2D eigenvalue weighted by atomic mass is 10.2. The molecule has 0 aliphatic carbocycles. The van der Waals surface area contributed by atoms with Crippen LogP contribution in [0.25, 0.3) is 11.0 Å². The van der Waals surface area contributed by atoms with Crippen molar-refractivity contribution in [2.75, 3.05) is 21.2 Å². The Morgan fingerprint density at radius 3 is 2.31 bits per heavy atom. The molecule has 0 saturated carbocycles. The first-order valence-electron chi connectivity index (χ1n) is 7.74. The molecule has 0 saturated heterocycles. The zero-order valence-corrected chi connectivity index (χ0v) is 14.5. The molecule has 0 aliphatic heterocycles. The molecule has 3 aromatic rings. The molecular formula is C19H17NO6. The number of nitrogens with zero attached hydrogens (tertiary/aromatic N) is 1. The Hall–Kier alpha value is -3.48. The van der Waals surface area contributed by atoms with Crippen LogP contribution in [0.15, 0.2) is 57.9 Å². The molecule has 1 heterocycles. The van der Waals surface area contributed by atoms with Gasteiger partial charge in [-0.1, -0.05) is 0 Å². The fourth-order valence-electron chi connectivity index (χ4n) is 2.19. The molecule has 0 unspecified atom stereocenters. The second-order valence-corrected chi connectivity index (χ2v) is 5.63. The SMILES string of the molecule is COc1ccc(Oc2coc3cc(OC(=O)N(C)C)ccc3c2=O)cc1. The molecule has 0 bridgehead atoms. The summed E-state index contributed by atoms with van der Waals surface area (Å²) >= 11 is 0. The lowest BCUT2D eigenvalue weighted by molar-refractivity contribution is 0.172. The third kappa shape index (κ3) is 3.61. The van der Waals surface area contributed by atoms with Crippen molar-refractivity contribution in [3.8, 4) is 23.0 Å². The van der Waals surface area contributed by atoms with E-state index in [0.717, 1.165) is 0 Å². The Kier molecular flexibility index (Phi) is 4.79. The molecule has 7 heteroatoms. The zero-order valence-electron chi connectivity index (χ0n) is 14.5. The van der Waals surface area contributed by atoms with Gasteiger partial charge in [0.15, 0.2) is 0 Å². The Labute approximate surface area is 149 Å². The Morgan fingerprint density at radius 2 is 1.65 bits per heavy atom. The van der Waals surface area contributed by atoms with Crippen LogP contribution >= 0.6 is 0 Å². The van der Waals surface area contributed by atoms with Crippen LogP contribution in [0.1, 0.15) is 0 Å². The van der Waals surface area contributed by atoms with E-state index in [9.17, 15) is 9.59 Å². The van der Waals surface area contributed by atoms with Gasteiger partial charge in [0.1, 0.15) is 29.1 Å². The van der Waals surface area contributed by atoms with E-state index in [4.69, 9.17) is 18.6 Å². The third-order valence-corrected chi connectivity index (χ3v) is 3.57. The first-order chi connectivity index (χ1) is 12.5. The maximum Gasteiger partial charge on any atom is 0.414 e. The summed E-state index contributed by atoms with van der Waals surface area (Å²) in [6, 6.07) is 11.4. The van der Waals surface area contributed by atoms with Crippen LogP contribution in [0.5, 0.6) is 23.0 Å².